The van der Waals surface area contributed by atoms with E-state index in [1.807, 2.05) is 6.08 Å². The molecule has 1 radical (unpaired) electrons. The van der Waals surface area contributed by atoms with Crippen LogP contribution in [0.2, 0.25) is 0 Å². The van der Waals surface area contributed by atoms with Gasteiger partial charge in [0.25, 0.3) is 0 Å². The predicted octanol–water partition coefficient (Wildman–Crippen LogP) is 2.97. The molecule has 1 aliphatic rings. The minimum absolute atomic E-state index is 0. The third-order valence-corrected chi connectivity index (χ3v) is 1.45. The molecule has 59 valence electrons. The molecule has 0 fully saturated rings. The fourth-order valence-electron chi connectivity index (χ4n) is 0.908. The molecule has 2 heteroatoms. The van der Waals surface area contributed by atoms with Crippen LogP contribution in [0.1, 0.15) is 25.7 Å². The summed E-state index contributed by atoms with van der Waals surface area (Å²) in [5, 5.41) is 0. The third-order valence-electron chi connectivity index (χ3n) is 1.45. The Morgan fingerprint density at radius 1 is 1.30 bits per heavy atom. The van der Waals surface area contributed by atoms with Crippen LogP contribution in [-0.4, -0.2) is 0 Å². The van der Waals surface area contributed by atoms with Gasteiger partial charge in [-0.1, -0.05) is 12.2 Å². The average Bonchev–Trinajstić information content (AvgIpc) is 1.79. The molecule has 0 aromatic carbocycles. The fraction of sp³-hybridized carbons (Fsp3) is 0.500. The summed E-state index contributed by atoms with van der Waals surface area (Å²) < 4.78 is 12.4. The Hall–Kier alpha value is 0.0594. The molecule has 0 aromatic heterocycles. The molecule has 0 unspecified atom stereocenters. The monoisotopic (exact) mass is 319 g/mol. The first-order chi connectivity index (χ1) is 4.39. The number of rotatable bonds is 0. The van der Waals surface area contributed by atoms with E-state index in [1.165, 1.54) is 0 Å². The van der Waals surface area contributed by atoms with Crippen LogP contribution in [0.5, 0.6) is 0 Å². The summed E-state index contributed by atoms with van der Waals surface area (Å²) in [6.45, 7) is 0. The molecule has 0 saturated heterocycles. The number of allylic oxidation sites excluding steroid dienone is 4. The third kappa shape index (κ3) is 3.97. The van der Waals surface area contributed by atoms with Crippen molar-refractivity contribution in [3.63, 3.8) is 0 Å². The van der Waals surface area contributed by atoms with Gasteiger partial charge in [-0.15, -0.1) is 0 Å². The molecular formula is C8H11FIr. The van der Waals surface area contributed by atoms with Crippen LogP contribution in [0.4, 0.5) is 4.39 Å². The maximum atomic E-state index is 12.4. The first-order valence-electron chi connectivity index (χ1n) is 3.41. The van der Waals surface area contributed by atoms with E-state index < -0.39 is 0 Å². The zero-order valence-electron chi connectivity index (χ0n) is 5.77. The predicted molar refractivity (Wildman–Crippen MR) is 36.8 cm³/mol. The van der Waals surface area contributed by atoms with Crippen molar-refractivity contribution in [3.05, 3.63) is 24.1 Å². The Kier molecular flexibility index (Phi) is 5.85. The second-order valence-corrected chi connectivity index (χ2v) is 2.29. The molecule has 0 atom stereocenters. The van der Waals surface area contributed by atoms with Gasteiger partial charge in [0.15, 0.2) is 0 Å². The van der Waals surface area contributed by atoms with Gasteiger partial charge in [0.2, 0.25) is 0 Å². The van der Waals surface area contributed by atoms with E-state index in [1.54, 1.807) is 12.2 Å². The summed E-state index contributed by atoms with van der Waals surface area (Å²) in [7, 11) is 0. The summed E-state index contributed by atoms with van der Waals surface area (Å²) in [5.74, 6) is 0.0194. The van der Waals surface area contributed by atoms with Crippen LogP contribution in [0, 0.1) is 0 Å². The Bertz CT molecular complexity index is 138. The second kappa shape index (κ2) is 5.82. The van der Waals surface area contributed by atoms with E-state index in [2.05, 4.69) is 0 Å². The zero-order valence-corrected chi connectivity index (χ0v) is 8.17. The molecule has 0 aliphatic heterocycles. The molecule has 0 aromatic rings. The van der Waals surface area contributed by atoms with Crippen molar-refractivity contribution in [1.29, 1.82) is 0 Å². The van der Waals surface area contributed by atoms with Crippen LogP contribution < -0.4 is 0 Å². The first-order valence-corrected chi connectivity index (χ1v) is 3.41. The topological polar surface area (TPSA) is 0 Å². The van der Waals surface area contributed by atoms with Crippen molar-refractivity contribution < 1.29 is 24.5 Å². The van der Waals surface area contributed by atoms with Gasteiger partial charge < -0.3 is 0 Å². The second-order valence-electron chi connectivity index (χ2n) is 2.29. The van der Waals surface area contributed by atoms with E-state index in [0.29, 0.717) is 6.42 Å². The van der Waals surface area contributed by atoms with Gasteiger partial charge in [0, 0.05) is 20.1 Å². The maximum Gasteiger partial charge on any atom is 0.0999 e. The number of halogens is 1. The van der Waals surface area contributed by atoms with Crippen molar-refractivity contribution in [2.75, 3.05) is 0 Å². The van der Waals surface area contributed by atoms with E-state index in [9.17, 15) is 4.39 Å². The van der Waals surface area contributed by atoms with Crippen molar-refractivity contribution in [2.24, 2.45) is 0 Å². The molecule has 0 bridgehead atoms. The molecule has 1 aliphatic carbocycles. The van der Waals surface area contributed by atoms with Crippen LogP contribution in [0.3, 0.4) is 0 Å². The fourth-order valence-corrected chi connectivity index (χ4v) is 0.908. The van der Waals surface area contributed by atoms with Gasteiger partial charge >= 0.3 is 0 Å². The van der Waals surface area contributed by atoms with Crippen LogP contribution in [-0.2, 0) is 20.1 Å². The van der Waals surface area contributed by atoms with Gasteiger partial charge in [-0.25, -0.2) is 4.39 Å². The zero-order chi connectivity index (χ0) is 6.53. The van der Waals surface area contributed by atoms with E-state index >= 15 is 0 Å². The van der Waals surface area contributed by atoms with Crippen molar-refractivity contribution >= 4 is 0 Å². The molecule has 10 heavy (non-hydrogen) atoms. The number of hydrogen-bond donors (Lipinski definition) is 0. The van der Waals surface area contributed by atoms with Gasteiger partial charge in [-0.05, 0) is 31.8 Å². The minimum Gasteiger partial charge on any atom is -0.212 e. The number of hydrogen-bond acceptors (Lipinski definition) is 0. The summed E-state index contributed by atoms with van der Waals surface area (Å²) in [6.07, 6.45) is 9.21. The van der Waals surface area contributed by atoms with Gasteiger partial charge in [-0.3, -0.25) is 0 Å². The molecule has 0 N–H and O–H groups in total. The van der Waals surface area contributed by atoms with Crippen molar-refractivity contribution in [2.45, 2.75) is 25.7 Å². The molecule has 0 nitrogen and oxygen atoms in total. The van der Waals surface area contributed by atoms with E-state index in [-0.39, 0.29) is 25.9 Å². The van der Waals surface area contributed by atoms with E-state index in [4.69, 9.17) is 0 Å². The standard InChI is InChI=1S/C8H11F.Ir/c9-8-6-4-2-1-3-5-7-8;/h2,4,6H,1,3,5,7H2;. The molecule has 0 heterocycles. The Balaban J connectivity index is 0.000000810. The van der Waals surface area contributed by atoms with Gasteiger partial charge in [-0.2, -0.15) is 0 Å². The molecule has 0 saturated carbocycles. The summed E-state index contributed by atoms with van der Waals surface area (Å²) in [6, 6.07) is 0. The summed E-state index contributed by atoms with van der Waals surface area (Å²) >= 11 is 0. The van der Waals surface area contributed by atoms with Crippen molar-refractivity contribution in [1.82, 2.24) is 0 Å². The first kappa shape index (κ1) is 10.1. The Labute approximate surface area is 74.6 Å². The summed E-state index contributed by atoms with van der Waals surface area (Å²) in [4.78, 5) is 0. The normalized spacial score (nSPS) is 18.3. The van der Waals surface area contributed by atoms with Crippen LogP contribution >= 0.6 is 0 Å². The van der Waals surface area contributed by atoms with Gasteiger partial charge in [0.05, 0.1) is 5.83 Å². The maximum absolute atomic E-state index is 12.4. The largest absolute Gasteiger partial charge is 0.212 e. The molecule has 1 rings (SSSR count). The SMILES string of the molecule is FC1=CC=CCCCC1.[Ir]. The van der Waals surface area contributed by atoms with Crippen molar-refractivity contribution in [3.8, 4) is 0 Å². The Morgan fingerprint density at radius 2 is 2.10 bits per heavy atom. The minimum atomic E-state index is 0. The summed E-state index contributed by atoms with van der Waals surface area (Å²) in [5.41, 5.74) is 0. The van der Waals surface area contributed by atoms with E-state index in [0.717, 1.165) is 19.3 Å². The van der Waals surface area contributed by atoms with Crippen LogP contribution in [0.15, 0.2) is 24.1 Å². The smallest absolute Gasteiger partial charge is 0.0999 e. The average molecular weight is 318 g/mol. The molecular weight excluding hydrogens is 307 g/mol. The van der Waals surface area contributed by atoms with Gasteiger partial charge in [0.1, 0.15) is 0 Å². The quantitative estimate of drug-likeness (QED) is 0.644. The van der Waals surface area contributed by atoms with Crippen LogP contribution in [0.25, 0.3) is 0 Å². The Morgan fingerprint density at radius 3 is 2.90 bits per heavy atom. The molecule has 0 spiro atoms. The molecule has 0 amide bonds.